The first-order valence-electron chi connectivity index (χ1n) is 10.5. The maximum atomic E-state index is 4.38. The maximum Gasteiger partial charge on any atom is 0.0604 e. The molecule has 1 unspecified atom stereocenters. The summed E-state index contributed by atoms with van der Waals surface area (Å²) in [7, 11) is 2.05. The molecular formula is C28H33NS. The number of rotatable bonds is 8. The van der Waals surface area contributed by atoms with Crippen molar-refractivity contribution in [3.8, 4) is 0 Å². The summed E-state index contributed by atoms with van der Waals surface area (Å²) in [6.07, 6.45) is 11.8. The van der Waals surface area contributed by atoms with E-state index in [4.69, 9.17) is 0 Å². The summed E-state index contributed by atoms with van der Waals surface area (Å²) >= 11 is 1.79. The van der Waals surface area contributed by atoms with Crippen LogP contribution in [0.4, 0.5) is 0 Å². The van der Waals surface area contributed by atoms with E-state index in [1.165, 1.54) is 32.7 Å². The Hall–Kier alpha value is -2.42. The van der Waals surface area contributed by atoms with Crippen molar-refractivity contribution in [2.45, 2.75) is 45.6 Å². The normalized spacial score (nSPS) is 16.5. The quantitative estimate of drug-likeness (QED) is 0.345. The first-order valence-corrected chi connectivity index (χ1v) is 11.4. The van der Waals surface area contributed by atoms with Crippen molar-refractivity contribution in [2.24, 2.45) is 0 Å². The van der Waals surface area contributed by atoms with Gasteiger partial charge in [0.1, 0.15) is 0 Å². The number of nitrogens with one attached hydrogen (secondary N) is 1. The SMILES string of the molecule is C=C(/C=C(C)\C=C/C)c1csc([C@@](C)(NC)C(C(=C)C)c2ccc3c(c2)C=CC3)c1. The molecule has 1 aromatic carbocycles. The topological polar surface area (TPSA) is 12.0 Å². The van der Waals surface area contributed by atoms with E-state index in [0.717, 1.165) is 17.6 Å². The molecule has 2 atom stereocenters. The lowest BCUT2D eigenvalue weighted by atomic mass is 9.75. The number of allylic oxidation sites excluding steroid dienone is 6. The molecular weight excluding hydrogens is 382 g/mol. The van der Waals surface area contributed by atoms with Gasteiger partial charge < -0.3 is 5.32 Å². The van der Waals surface area contributed by atoms with Crippen molar-refractivity contribution < 1.29 is 0 Å². The van der Waals surface area contributed by atoms with Crippen LogP contribution in [0.2, 0.25) is 0 Å². The van der Waals surface area contributed by atoms with Gasteiger partial charge >= 0.3 is 0 Å². The van der Waals surface area contributed by atoms with E-state index >= 15 is 0 Å². The smallest absolute Gasteiger partial charge is 0.0604 e. The zero-order valence-electron chi connectivity index (χ0n) is 18.9. The van der Waals surface area contributed by atoms with E-state index in [0.29, 0.717) is 0 Å². The van der Waals surface area contributed by atoms with E-state index in [1.807, 2.05) is 14.0 Å². The summed E-state index contributed by atoms with van der Waals surface area (Å²) in [6.45, 7) is 17.2. The van der Waals surface area contributed by atoms with Gasteiger partial charge in [-0.1, -0.05) is 72.9 Å². The van der Waals surface area contributed by atoms with Gasteiger partial charge in [0.05, 0.1) is 5.54 Å². The van der Waals surface area contributed by atoms with Crippen LogP contribution < -0.4 is 5.32 Å². The Balaban J connectivity index is 2.00. The van der Waals surface area contributed by atoms with Crippen LogP contribution in [-0.4, -0.2) is 7.05 Å². The Kier molecular flexibility index (Phi) is 6.80. The van der Waals surface area contributed by atoms with Crippen LogP contribution in [-0.2, 0) is 12.0 Å². The summed E-state index contributed by atoms with van der Waals surface area (Å²) < 4.78 is 0. The lowest BCUT2D eigenvalue weighted by Gasteiger charge is -2.38. The highest BCUT2D eigenvalue weighted by Gasteiger charge is 2.37. The number of benzene rings is 1. The first-order chi connectivity index (χ1) is 14.3. The van der Waals surface area contributed by atoms with Crippen LogP contribution in [0.1, 0.15) is 60.7 Å². The molecule has 0 bridgehead atoms. The van der Waals surface area contributed by atoms with Gasteiger partial charge in [-0.2, -0.15) is 0 Å². The molecule has 1 aliphatic carbocycles. The Bertz CT molecular complexity index is 1050. The van der Waals surface area contributed by atoms with Gasteiger partial charge in [0.2, 0.25) is 0 Å². The van der Waals surface area contributed by atoms with Crippen molar-refractivity contribution in [2.75, 3.05) is 7.05 Å². The van der Waals surface area contributed by atoms with E-state index in [-0.39, 0.29) is 11.5 Å². The molecule has 0 radical (unpaired) electrons. The molecule has 1 aliphatic rings. The second-order valence-corrected chi connectivity index (χ2v) is 9.32. The first kappa shape index (κ1) is 22.3. The largest absolute Gasteiger partial charge is 0.309 e. The van der Waals surface area contributed by atoms with E-state index in [1.54, 1.807) is 11.3 Å². The van der Waals surface area contributed by atoms with Gasteiger partial charge in [-0.15, -0.1) is 11.3 Å². The van der Waals surface area contributed by atoms with E-state index in [2.05, 4.69) is 99.3 Å². The van der Waals surface area contributed by atoms with Crippen LogP contribution in [0, 0.1) is 0 Å². The number of hydrogen-bond donors (Lipinski definition) is 1. The van der Waals surface area contributed by atoms with Crippen LogP contribution in [0.5, 0.6) is 0 Å². The zero-order chi connectivity index (χ0) is 21.9. The highest BCUT2D eigenvalue weighted by atomic mass is 32.1. The lowest BCUT2D eigenvalue weighted by Crippen LogP contribution is -2.42. The second kappa shape index (κ2) is 9.16. The van der Waals surface area contributed by atoms with Crippen molar-refractivity contribution in [3.05, 3.63) is 105 Å². The minimum Gasteiger partial charge on any atom is -0.309 e. The van der Waals surface area contributed by atoms with Crippen molar-refractivity contribution >= 4 is 23.0 Å². The van der Waals surface area contributed by atoms with Crippen molar-refractivity contribution in [1.29, 1.82) is 0 Å². The molecule has 1 nitrogen and oxygen atoms in total. The standard InChI is InChI=1S/C28H33NS/c1-8-10-20(4)15-21(5)25-17-26(30-18-25)28(6,29-7)27(19(2)3)24-14-13-22-11-9-12-23(22)16-24/h8-10,12-18,27,29H,2,5,11H2,1,3-4,6-7H3/b10-8-,20-15-/t27?,28-/m1/s1. The third kappa shape index (κ3) is 4.35. The van der Waals surface area contributed by atoms with Gasteiger partial charge in [0, 0.05) is 10.8 Å². The average Bonchev–Trinajstić information content (AvgIpc) is 3.37. The van der Waals surface area contributed by atoms with Crippen LogP contribution >= 0.6 is 11.3 Å². The van der Waals surface area contributed by atoms with Crippen molar-refractivity contribution in [3.63, 3.8) is 0 Å². The number of fused-ring (bicyclic) bond motifs is 1. The average molecular weight is 416 g/mol. The number of thiophene rings is 1. The third-order valence-corrected chi connectivity index (χ3v) is 7.21. The predicted octanol–water partition coefficient (Wildman–Crippen LogP) is 7.65. The molecule has 1 aromatic heterocycles. The summed E-state index contributed by atoms with van der Waals surface area (Å²) in [5.41, 5.74) is 8.38. The predicted molar refractivity (Wildman–Crippen MR) is 135 cm³/mol. The summed E-state index contributed by atoms with van der Waals surface area (Å²) in [4.78, 5) is 1.29. The van der Waals surface area contributed by atoms with Crippen LogP contribution in [0.25, 0.3) is 11.6 Å². The maximum absolute atomic E-state index is 4.38. The molecule has 0 saturated carbocycles. The summed E-state index contributed by atoms with van der Waals surface area (Å²) in [6, 6.07) is 9.17. The monoisotopic (exact) mass is 415 g/mol. The van der Waals surface area contributed by atoms with Gasteiger partial charge in [0.25, 0.3) is 0 Å². The minimum atomic E-state index is -0.256. The molecule has 0 amide bonds. The van der Waals surface area contributed by atoms with Gasteiger partial charge in [-0.05, 0) is 80.4 Å². The van der Waals surface area contributed by atoms with Crippen LogP contribution in [0.3, 0.4) is 0 Å². The molecule has 0 spiro atoms. The molecule has 0 saturated heterocycles. The Morgan fingerprint density at radius 3 is 2.67 bits per heavy atom. The number of hydrogen-bond acceptors (Lipinski definition) is 2. The molecule has 2 aromatic rings. The van der Waals surface area contributed by atoms with Crippen molar-refractivity contribution in [1.82, 2.24) is 5.32 Å². The van der Waals surface area contributed by atoms with Crippen LogP contribution in [0.15, 0.2) is 78.3 Å². The summed E-state index contributed by atoms with van der Waals surface area (Å²) in [5.74, 6) is 0.168. The van der Waals surface area contributed by atoms with Gasteiger partial charge in [-0.3, -0.25) is 0 Å². The zero-order valence-corrected chi connectivity index (χ0v) is 19.7. The second-order valence-electron chi connectivity index (χ2n) is 8.41. The number of likely N-dealkylation sites (N-methyl/N-ethyl adjacent to an activating group) is 1. The van der Waals surface area contributed by atoms with E-state index < -0.39 is 0 Å². The molecule has 1 N–H and O–H groups in total. The van der Waals surface area contributed by atoms with E-state index in [9.17, 15) is 0 Å². The molecule has 0 aliphatic heterocycles. The van der Waals surface area contributed by atoms with Gasteiger partial charge in [-0.25, -0.2) is 0 Å². The fourth-order valence-corrected chi connectivity index (χ4v) is 5.55. The molecule has 2 heteroatoms. The fraction of sp³-hybridized carbons (Fsp3) is 0.286. The molecule has 1 heterocycles. The molecule has 3 rings (SSSR count). The fourth-order valence-electron chi connectivity index (χ4n) is 4.41. The van der Waals surface area contributed by atoms with Gasteiger partial charge in [0.15, 0.2) is 0 Å². The highest BCUT2D eigenvalue weighted by molar-refractivity contribution is 7.10. The minimum absolute atomic E-state index is 0.168. The summed E-state index contributed by atoms with van der Waals surface area (Å²) in [5, 5.41) is 5.85. The Morgan fingerprint density at radius 1 is 1.23 bits per heavy atom. The third-order valence-electron chi connectivity index (χ3n) is 6.04. The lowest BCUT2D eigenvalue weighted by molar-refractivity contribution is 0.356. The molecule has 30 heavy (non-hydrogen) atoms. The highest BCUT2D eigenvalue weighted by Crippen LogP contribution is 2.44. The Morgan fingerprint density at radius 2 is 2.00 bits per heavy atom. The molecule has 0 fully saturated rings. The Labute approximate surface area is 186 Å². The molecule has 156 valence electrons.